The van der Waals surface area contributed by atoms with Crippen LogP contribution in [0.2, 0.25) is 0 Å². The van der Waals surface area contributed by atoms with Crippen LogP contribution in [0.15, 0.2) is 22.8 Å². The van der Waals surface area contributed by atoms with Crippen LogP contribution < -0.4 is 0 Å². The summed E-state index contributed by atoms with van der Waals surface area (Å²) in [5.41, 5.74) is 0. The lowest BCUT2D eigenvalue weighted by Gasteiger charge is -2.32. The van der Waals surface area contributed by atoms with Gasteiger partial charge in [-0.1, -0.05) is 0 Å². The first-order valence-corrected chi connectivity index (χ1v) is 6.72. The van der Waals surface area contributed by atoms with E-state index in [9.17, 15) is 9.90 Å². The van der Waals surface area contributed by atoms with Crippen LogP contribution >= 0.6 is 0 Å². The largest absolute Gasteiger partial charge is 0.469 e. The standard InChI is InChI=1S/C14H19NO3/c16-9-10-3-1-5-15(8-10)14(17)12-7-11(12)13-4-2-6-18-13/h2,4,6,10-12,16H,1,3,5,7-9H2. The lowest BCUT2D eigenvalue weighted by molar-refractivity contribution is -0.134. The summed E-state index contributed by atoms with van der Waals surface area (Å²) in [6.45, 7) is 1.75. The van der Waals surface area contributed by atoms with Gasteiger partial charge in [-0.15, -0.1) is 0 Å². The number of nitrogens with zero attached hydrogens (tertiary/aromatic N) is 1. The number of likely N-dealkylation sites (tertiary alicyclic amines) is 1. The average Bonchev–Trinajstić information content (AvgIpc) is 3.03. The Kier molecular flexibility index (Phi) is 3.12. The highest BCUT2D eigenvalue weighted by atomic mass is 16.3. The molecule has 2 aliphatic rings. The van der Waals surface area contributed by atoms with Crippen molar-refractivity contribution in [2.24, 2.45) is 11.8 Å². The lowest BCUT2D eigenvalue weighted by Crippen LogP contribution is -2.41. The van der Waals surface area contributed by atoms with Crippen molar-refractivity contribution in [2.75, 3.05) is 19.7 Å². The van der Waals surface area contributed by atoms with E-state index in [2.05, 4.69) is 0 Å². The van der Waals surface area contributed by atoms with Crippen molar-refractivity contribution >= 4 is 5.91 Å². The van der Waals surface area contributed by atoms with E-state index in [1.165, 1.54) is 0 Å². The Morgan fingerprint density at radius 3 is 3.17 bits per heavy atom. The molecule has 1 amide bonds. The molecule has 0 aromatic carbocycles. The molecule has 4 heteroatoms. The fraction of sp³-hybridized carbons (Fsp3) is 0.643. The Balaban J connectivity index is 1.59. The maximum atomic E-state index is 12.3. The molecule has 1 aromatic rings. The van der Waals surface area contributed by atoms with Crippen LogP contribution in [-0.2, 0) is 4.79 Å². The maximum absolute atomic E-state index is 12.3. The predicted molar refractivity (Wildman–Crippen MR) is 65.9 cm³/mol. The molecule has 1 N–H and O–H groups in total. The van der Waals surface area contributed by atoms with Gasteiger partial charge >= 0.3 is 0 Å². The molecule has 4 nitrogen and oxygen atoms in total. The van der Waals surface area contributed by atoms with E-state index < -0.39 is 0 Å². The smallest absolute Gasteiger partial charge is 0.226 e. The summed E-state index contributed by atoms with van der Waals surface area (Å²) in [4.78, 5) is 14.3. The second kappa shape index (κ2) is 4.76. The van der Waals surface area contributed by atoms with Crippen LogP contribution in [0.5, 0.6) is 0 Å². The number of piperidine rings is 1. The highest BCUT2D eigenvalue weighted by Gasteiger charge is 2.47. The normalized spacial score (nSPS) is 31.4. The third kappa shape index (κ3) is 2.17. The topological polar surface area (TPSA) is 53.7 Å². The third-order valence-corrected chi connectivity index (χ3v) is 4.11. The zero-order valence-corrected chi connectivity index (χ0v) is 10.4. The van der Waals surface area contributed by atoms with Crippen molar-refractivity contribution in [2.45, 2.75) is 25.2 Å². The van der Waals surface area contributed by atoms with Crippen molar-refractivity contribution in [3.8, 4) is 0 Å². The van der Waals surface area contributed by atoms with E-state index in [1.54, 1.807) is 6.26 Å². The van der Waals surface area contributed by atoms with Gasteiger partial charge in [0.15, 0.2) is 0 Å². The zero-order chi connectivity index (χ0) is 12.5. The van der Waals surface area contributed by atoms with Crippen LogP contribution in [0.4, 0.5) is 0 Å². The van der Waals surface area contributed by atoms with Gasteiger partial charge in [0.25, 0.3) is 0 Å². The minimum atomic E-state index is 0.105. The van der Waals surface area contributed by atoms with Crippen LogP contribution in [0.25, 0.3) is 0 Å². The van der Waals surface area contributed by atoms with E-state index in [4.69, 9.17) is 4.42 Å². The molecule has 2 fully saturated rings. The van der Waals surface area contributed by atoms with Gasteiger partial charge in [-0.05, 0) is 37.3 Å². The molecule has 1 saturated carbocycles. The number of aliphatic hydroxyl groups is 1. The van der Waals surface area contributed by atoms with Crippen LogP contribution in [-0.4, -0.2) is 35.6 Å². The van der Waals surface area contributed by atoms with Gasteiger partial charge in [-0.2, -0.15) is 0 Å². The summed E-state index contributed by atoms with van der Waals surface area (Å²) in [5.74, 6) is 1.83. The molecule has 98 valence electrons. The molecule has 3 rings (SSSR count). The molecular weight excluding hydrogens is 230 g/mol. The average molecular weight is 249 g/mol. The van der Waals surface area contributed by atoms with Crippen LogP contribution in [0, 0.1) is 11.8 Å². The minimum Gasteiger partial charge on any atom is -0.469 e. The van der Waals surface area contributed by atoms with Crippen molar-refractivity contribution in [1.82, 2.24) is 4.90 Å². The monoisotopic (exact) mass is 249 g/mol. The number of hydrogen-bond acceptors (Lipinski definition) is 3. The number of carbonyl (C=O) groups excluding carboxylic acids is 1. The van der Waals surface area contributed by atoms with Crippen molar-refractivity contribution in [1.29, 1.82) is 0 Å². The Hall–Kier alpha value is -1.29. The first-order valence-electron chi connectivity index (χ1n) is 6.72. The summed E-state index contributed by atoms with van der Waals surface area (Å²) in [5, 5.41) is 9.19. The quantitative estimate of drug-likeness (QED) is 0.885. The van der Waals surface area contributed by atoms with Gasteiger partial charge in [0.2, 0.25) is 5.91 Å². The minimum absolute atomic E-state index is 0.105. The Morgan fingerprint density at radius 1 is 1.56 bits per heavy atom. The van der Waals surface area contributed by atoms with E-state index in [0.717, 1.165) is 38.1 Å². The van der Waals surface area contributed by atoms with Gasteiger partial charge in [0.1, 0.15) is 5.76 Å². The van der Waals surface area contributed by atoms with Gasteiger partial charge in [-0.3, -0.25) is 4.79 Å². The number of carbonyl (C=O) groups is 1. The van der Waals surface area contributed by atoms with Gasteiger partial charge < -0.3 is 14.4 Å². The molecule has 1 saturated heterocycles. The van der Waals surface area contributed by atoms with Gasteiger partial charge in [0, 0.05) is 31.5 Å². The molecule has 0 spiro atoms. The fourth-order valence-electron chi connectivity index (χ4n) is 2.93. The van der Waals surface area contributed by atoms with Gasteiger partial charge in [0.05, 0.1) is 6.26 Å². The van der Waals surface area contributed by atoms with E-state index in [0.29, 0.717) is 0 Å². The molecule has 1 aliphatic heterocycles. The molecule has 0 bridgehead atoms. The molecule has 3 atom stereocenters. The lowest BCUT2D eigenvalue weighted by atomic mass is 9.98. The molecule has 18 heavy (non-hydrogen) atoms. The summed E-state index contributed by atoms with van der Waals surface area (Å²) in [7, 11) is 0. The number of aliphatic hydroxyl groups excluding tert-OH is 1. The molecule has 2 heterocycles. The summed E-state index contributed by atoms with van der Waals surface area (Å²) < 4.78 is 5.36. The van der Waals surface area contributed by atoms with Crippen LogP contribution in [0.3, 0.4) is 0 Å². The van der Waals surface area contributed by atoms with Crippen LogP contribution in [0.1, 0.15) is 30.9 Å². The zero-order valence-electron chi connectivity index (χ0n) is 10.4. The van der Waals surface area contributed by atoms with Crippen molar-refractivity contribution in [3.63, 3.8) is 0 Å². The highest BCUT2D eigenvalue weighted by molar-refractivity contribution is 5.83. The van der Waals surface area contributed by atoms with E-state index in [-0.39, 0.29) is 30.3 Å². The van der Waals surface area contributed by atoms with Crippen molar-refractivity contribution in [3.05, 3.63) is 24.2 Å². The van der Waals surface area contributed by atoms with E-state index >= 15 is 0 Å². The molecule has 1 aromatic heterocycles. The first kappa shape index (κ1) is 11.8. The summed E-state index contributed by atoms with van der Waals surface area (Å²) in [6.07, 6.45) is 4.62. The molecule has 0 radical (unpaired) electrons. The number of amides is 1. The van der Waals surface area contributed by atoms with E-state index in [1.807, 2.05) is 17.0 Å². The second-order valence-corrected chi connectivity index (χ2v) is 5.44. The predicted octanol–water partition coefficient (Wildman–Crippen LogP) is 1.61. The van der Waals surface area contributed by atoms with Crippen molar-refractivity contribution < 1.29 is 14.3 Å². The molecule has 1 aliphatic carbocycles. The number of hydrogen-bond donors (Lipinski definition) is 1. The second-order valence-electron chi connectivity index (χ2n) is 5.44. The summed E-state index contributed by atoms with van der Waals surface area (Å²) >= 11 is 0. The maximum Gasteiger partial charge on any atom is 0.226 e. The van der Waals surface area contributed by atoms with Gasteiger partial charge in [-0.25, -0.2) is 0 Å². The molecule has 3 unspecified atom stereocenters. The Morgan fingerprint density at radius 2 is 2.44 bits per heavy atom. The number of rotatable bonds is 3. The fourth-order valence-corrected chi connectivity index (χ4v) is 2.93. The Labute approximate surface area is 107 Å². The summed E-state index contributed by atoms with van der Waals surface area (Å²) in [6, 6.07) is 3.82. The first-order chi connectivity index (χ1) is 8.79. The Bertz CT molecular complexity index is 415. The highest BCUT2D eigenvalue weighted by Crippen LogP contribution is 2.48. The SMILES string of the molecule is O=C(C1CC1c1ccco1)N1CCCC(CO)C1. The third-order valence-electron chi connectivity index (χ3n) is 4.11. The molecular formula is C14H19NO3. The number of furan rings is 1.